The maximum atomic E-state index is 11.9. The summed E-state index contributed by atoms with van der Waals surface area (Å²) in [5.41, 5.74) is 3.80. The first kappa shape index (κ1) is 8.28. The second-order valence-corrected chi connectivity index (χ2v) is 2.06. The molecule has 3 N–H and O–H groups in total. The summed E-state index contributed by atoms with van der Waals surface area (Å²) >= 11 is 0. The molecule has 64 valence electrons. The summed E-state index contributed by atoms with van der Waals surface area (Å²) < 4.78 is 35.7. The summed E-state index contributed by atoms with van der Waals surface area (Å²) in [5, 5.41) is 10.6. The monoisotopic (exact) mass is 169 g/mol. The van der Waals surface area contributed by atoms with Crippen LogP contribution in [-0.4, -0.2) is 29.7 Å². The standard InChI is InChI=1S/C4H6F3N3O/c5-4(6,7)3-2(10-11)1-8-9-3/h3,8-9,11H,1H2. The van der Waals surface area contributed by atoms with Gasteiger partial charge < -0.3 is 5.21 Å². The molecule has 0 aromatic rings. The molecule has 0 amide bonds. The Bertz CT molecular complexity index is 178. The predicted molar refractivity (Wildman–Crippen MR) is 30.2 cm³/mol. The van der Waals surface area contributed by atoms with Crippen LogP contribution in [0.25, 0.3) is 0 Å². The first-order valence-electron chi connectivity index (χ1n) is 2.81. The van der Waals surface area contributed by atoms with Gasteiger partial charge in [0.25, 0.3) is 0 Å². The van der Waals surface area contributed by atoms with Crippen molar-refractivity contribution >= 4 is 5.71 Å². The summed E-state index contributed by atoms with van der Waals surface area (Å²) in [4.78, 5) is 0. The summed E-state index contributed by atoms with van der Waals surface area (Å²) in [6.07, 6.45) is -4.41. The van der Waals surface area contributed by atoms with E-state index in [0.29, 0.717) is 0 Å². The van der Waals surface area contributed by atoms with Gasteiger partial charge in [-0.1, -0.05) is 5.16 Å². The van der Waals surface area contributed by atoms with Gasteiger partial charge >= 0.3 is 6.18 Å². The van der Waals surface area contributed by atoms with Crippen molar-refractivity contribution in [1.29, 1.82) is 0 Å². The summed E-state index contributed by atoms with van der Waals surface area (Å²) in [7, 11) is 0. The second kappa shape index (κ2) is 2.67. The van der Waals surface area contributed by atoms with Crippen molar-refractivity contribution in [3.63, 3.8) is 0 Å². The summed E-state index contributed by atoms with van der Waals surface area (Å²) in [6.45, 7) is -0.0966. The molecule has 1 aliphatic rings. The molecule has 0 aromatic carbocycles. The zero-order valence-electron chi connectivity index (χ0n) is 5.31. The van der Waals surface area contributed by atoms with Crippen LogP contribution in [0.4, 0.5) is 13.2 Å². The van der Waals surface area contributed by atoms with Crippen LogP contribution in [0.3, 0.4) is 0 Å². The minimum atomic E-state index is -4.41. The zero-order valence-corrected chi connectivity index (χ0v) is 5.31. The van der Waals surface area contributed by atoms with Gasteiger partial charge in [-0.25, -0.2) is 5.43 Å². The molecule has 1 unspecified atom stereocenters. The lowest BCUT2D eigenvalue weighted by Crippen LogP contribution is -2.44. The fourth-order valence-electron chi connectivity index (χ4n) is 0.793. The van der Waals surface area contributed by atoms with Gasteiger partial charge in [0.2, 0.25) is 0 Å². The lowest BCUT2D eigenvalue weighted by Gasteiger charge is -2.13. The maximum absolute atomic E-state index is 11.9. The quantitative estimate of drug-likeness (QED) is 0.349. The van der Waals surface area contributed by atoms with Crippen LogP contribution in [-0.2, 0) is 0 Å². The van der Waals surface area contributed by atoms with Crippen molar-refractivity contribution in [1.82, 2.24) is 10.9 Å². The minimum Gasteiger partial charge on any atom is -0.411 e. The topological polar surface area (TPSA) is 56.7 Å². The van der Waals surface area contributed by atoms with Crippen molar-refractivity contribution in [2.24, 2.45) is 5.16 Å². The number of hydrogen-bond acceptors (Lipinski definition) is 4. The van der Waals surface area contributed by atoms with E-state index in [1.165, 1.54) is 0 Å². The molecule has 4 nitrogen and oxygen atoms in total. The van der Waals surface area contributed by atoms with Crippen molar-refractivity contribution in [3.05, 3.63) is 0 Å². The molecular weight excluding hydrogens is 163 g/mol. The van der Waals surface area contributed by atoms with E-state index < -0.39 is 12.2 Å². The van der Waals surface area contributed by atoms with Gasteiger partial charge in [-0.3, -0.25) is 5.43 Å². The Morgan fingerprint density at radius 2 is 2.18 bits per heavy atom. The molecule has 1 fully saturated rings. The highest BCUT2D eigenvalue weighted by Gasteiger charge is 2.45. The highest BCUT2D eigenvalue weighted by molar-refractivity contribution is 5.93. The van der Waals surface area contributed by atoms with Crippen molar-refractivity contribution in [2.45, 2.75) is 12.2 Å². The Morgan fingerprint density at radius 3 is 2.55 bits per heavy atom. The van der Waals surface area contributed by atoms with Crippen LogP contribution in [0.15, 0.2) is 5.16 Å². The van der Waals surface area contributed by atoms with Gasteiger partial charge in [0.1, 0.15) is 0 Å². The van der Waals surface area contributed by atoms with Gasteiger partial charge in [0.15, 0.2) is 6.04 Å². The SMILES string of the molecule is ON=C1CNNC1C(F)(F)F. The summed E-state index contributed by atoms with van der Waals surface area (Å²) in [6, 6.07) is -1.87. The molecule has 0 aromatic heterocycles. The number of alkyl halides is 3. The molecule has 0 bridgehead atoms. The molecule has 0 saturated carbocycles. The van der Waals surface area contributed by atoms with Crippen LogP contribution in [0.2, 0.25) is 0 Å². The summed E-state index contributed by atoms with van der Waals surface area (Å²) in [5.74, 6) is 0. The molecule has 1 saturated heterocycles. The first-order valence-corrected chi connectivity index (χ1v) is 2.81. The van der Waals surface area contributed by atoms with E-state index in [2.05, 4.69) is 10.6 Å². The molecule has 0 radical (unpaired) electrons. The van der Waals surface area contributed by atoms with Crippen LogP contribution >= 0.6 is 0 Å². The van der Waals surface area contributed by atoms with Gasteiger partial charge in [0, 0.05) is 0 Å². The Morgan fingerprint density at radius 1 is 1.55 bits per heavy atom. The number of nitrogens with zero attached hydrogens (tertiary/aromatic N) is 1. The van der Waals surface area contributed by atoms with Crippen molar-refractivity contribution in [2.75, 3.05) is 6.54 Å². The van der Waals surface area contributed by atoms with Crippen LogP contribution in [0.1, 0.15) is 0 Å². The Kier molecular flexibility index (Phi) is 2.01. The second-order valence-electron chi connectivity index (χ2n) is 2.06. The fraction of sp³-hybridized carbons (Fsp3) is 0.750. The Hall–Kier alpha value is -0.820. The zero-order chi connectivity index (χ0) is 8.48. The van der Waals surface area contributed by atoms with E-state index in [9.17, 15) is 13.2 Å². The largest absolute Gasteiger partial charge is 0.411 e. The van der Waals surface area contributed by atoms with Gasteiger partial charge in [-0.2, -0.15) is 13.2 Å². The Balaban J connectivity index is 2.72. The van der Waals surface area contributed by atoms with Crippen LogP contribution in [0.5, 0.6) is 0 Å². The number of nitrogens with one attached hydrogen (secondary N) is 2. The average Bonchev–Trinajstić information content (AvgIpc) is 2.31. The molecule has 11 heavy (non-hydrogen) atoms. The van der Waals surface area contributed by atoms with Gasteiger partial charge in [0.05, 0.1) is 12.3 Å². The smallest absolute Gasteiger partial charge is 0.410 e. The average molecular weight is 169 g/mol. The van der Waals surface area contributed by atoms with E-state index in [1.54, 1.807) is 0 Å². The van der Waals surface area contributed by atoms with Crippen molar-refractivity contribution in [3.8, 4) is 0 Å². The van der Waals surface area contributed by atoms with Crippen LogP contribution < -0.4 is 10.9 Å². The molecule has 1 aliphatic heterocycles. The fourth-order valence-corrected chi connectivity index (χ4v) is 0.793. The first-order chi connectivity index (χ1) is 5.05. The minimum absolute atomic E-state index is 0.0966. The molecule has 7 heteroatoms. The molecule has 0 aliphatic carbocycles. The number of rotatable bonds is 0. The molecule has 0 spiro atoms. The van der Waals surface area contributed by atoms with Gasteiger partial charge in [-0.15, -0.1) is 0 Å². The third-order valence-electron chi connectivity index (χ3n) is 1.30. The molecule has 1 heterocycles. The lowest BCUT2D eigenvalue weighted by molar-refractivity contribution is -0.139. The molecule has 1 atom stereocenters. The van der Waals surface area contributed by atoms with Crippen molar-refractivity contribution < 1.29 is 18.4 Å². The third kappa shape index (κ3) is 1.60. The third-order valence-corrected chi connectivity index (χ3v) is 1.30. The van der Waals surface area contributed by atoms with Gasteiger partial charge in [-0.05, 0) is 0 Å². The highest BCUT2D eigenvalue weighted by atomic mass is 19.4. The Labute approximate surface area is 60.0 Å². The molecule has 1 rings (SSSR count). The van der Waals surface area contributed by atoms with E-state index in [1.807, 2.05) is 5.43 Å². The lowest BCUT2D eigenvalue weighted by atomic mass is 10.2. The predicted octanol–water partition coefficient (Wildman–Crippen LogP) is -0.145. The van der Waals surface area contributed by atoms with E-state index in [0.717, 1.165) is 0 Å². The van der Waals surface area contributed by atoms with Crippen LogP contribution in [0, 0.1) is 0 Å². The number of halogens is 3. The van der Waals surface area contributed by atoms with E-state index >= 15 is 0 Å². The van der Waals surface area contributed by atoms with E-state index in [-0.39, 0.29) is 12.3 Å². The van der Waals surface area contributed by atoms with E-state index in [4.69, 9.17) is 5.21 Å². The number of hydrazine groups is 1. The highest BCUT2D eigenvalue weighted by Crippen LogP contribution is 2.22. The number of oxime groups is 1. The normalized spacial score (nSPS) is 29.7. The maximum Gasteiger partial charge on any atom is 0.410 e. The number of hydrogen-bond donors (Lipinski definition) is 3. The molecular formula is C4H6F3N3O.